The lowest BCUT2D eigenvalue weighted by molar-refractivity contribution is 0.102. The van der Waals surface area contributed by atoms with Crippen LogP contribution in [0, 0.1) is 22.1 Å². The van der Waals surface area contributed by atoms with E-state index in [-0.39, 0.29) is 9.26 Å². The summed E-state index contributed by atoms with van der Waals surface area (Å²) in [5, 5.41) is 6.88. The Balaban J connectivity index is 1.77. The van der Waals surface area contributed by atoms with E-state index in [2.05, 4.69) is 15.5 Å². The zero-order chi connectivity index (χ0) is 18.7. The van der Waals surface area contributed by atoms with Gasteiger partial charge >= 0.3 is 0 Å². The molecular formula is C17H12F2IN3O2S. The molecule has 2 heterocycles. The van der Waals surface area contributed by atoms with E-state index in [4.69, 9.17) is 4.52 Å². The Bertz CT molecular complexity index is 942. The number of aromatic nitrogens is 2. The van der Waals surface area contributed by atoms with E-state index < -0.39 is 17.5 Å². The molecule has 0 aliphatic carbocycles. The second kappa shape index (κ2) is 8.12. The highest BCUT2D eigenvalue weighted by atomic mass is 127. The maximum Gasteiger partial charge on any atom is 0.258 e. The number of hydrogen-bond acceptors (Lipinski definition) is 5. The third-order valence-corrected chi connectivity index (χ3v) is 5.36. The van der Waals surface area contributed by atoms with Gasteiger partial charge in [-0.25, -0.2) is 13.8 Å². The Labute approximate surface area is 165 Å². The quantitative estimate of drug-likeness (QED) is 0.318. The molecule has 0 fully saturated rings. The smallest absolute Gasteiger partial charge is 0.258 e. The van der Waals surface area contributed by atoms with E-state index >= 15 is 0 Å². The second-order valence-corrected chi connectivity index (χ2v) is 7.32. The van der Waals surface area contributed by atoms with Gasteiger partial charge in [0, 0.05) is 23.7 Å². The molecule has 3 rings (SSSR count). The molecule has 3 aromatic rings. The van der Waals surface area contributed by atoms with Gasteiger partial charge in [-0.1, -0.05) is 16.9 Å². The summed E-state index contributed by atoms with van der Waals surface area (Å²) < 4.78 is 32.2. The van der Waals surface area contributed by atoms with Crippen LogP contribution in [0.5, 0.6) is 0 Å². The van der Waals surface area contributed by atoms with E-state index in [9.17, 15) is 13.6 Å². The summed E-state index contributed by atoms with van der Waals surface area (Å²) in [4.78, 5) is 16.7. The van der Waals surface area contributed by atoms with Crippen LogP contribution in [0.1, 0.15) is 21.8 Å². The summed E-state index contributed by atoms with van der Waals surface area (Å²) in [7, 11) is 0. The van der Waals surface area contributed by atoms with Gasteiger partial charge in [-0.2, -0.15) is 0 Å². The number of aryl methyl sites for hydroxylation is 1. The van der Waals surface area contributed by atoms with Crippen molar-refractivity contribution in [3.63, 3.8) is 0 Å². The predicted octanol–water partition coefficient (Wildman–Crippen LogP) is 4.81. The van der Waals surface area contributed by atoms with E-state index in [0.29, 0.717) is 22.1 Å². The summed E-state index contributed by atoms with van der Waals surface area (Å²) in [5.41, 5.74) is 1.07. The summed E-state index contributed by atoms with van der Waals surface area (Å²) in [6.45, 7) is 1.79. The summed E-state index contributed by atoms with van der Waals surface area (Å²) in [6, 6.07) is 7.16. The minimum atomic E-state index is -0.733. The lowest BCUT2D eigenvalue weighted by Gasteiger charge is -2.09. The van der Waals surface area contributed by atoms with Gasteiger partial charge in [0.2, 0.25) is 0 Å². The summed E-state index contributed by atoms with van der Waals surface area (Å²) in [6.07, 6.45) is 1.57. The Morgan fingerprint density at radius 2 is 2.04 bits per heavy atom. The first-order valence-corrected chi connectivity index (χ1v) is 9.46. The molecule has 0 radical (unpaired) electrons. The van der Waals surface area contributed by atoms with Gasteiger partial charge in [0.15, 0.2) is 0 Å². The number of hydrogen-bond donors (Lipinski definition) is 1. The molecule has 5 nitrogen and oxygen atoms in total. The first kappa shape index (κ1) is 18.8. The number of carbonyl (C=O) groups excluding carboxylic acids is 1. The zero-order valence-electron chi connectivity index (χ0n) is 13.4. The topological polar surface area (TPSA) is 68.0 Å². The average Bonchev–Trinajstić information content (AvgIpc) is 3.03. The van der Waals surface area contributed by atoms with Crippen molar-refractivity contribution >= 4 is 45.9 Å². The van der Waals surface area contributed by atoms with Crippen molar-refractivity contribution < 1.29 is 18.1 Å². The molecule has 0 aliphatic rings. The molecule has 2 aromatic heterocycles. The van der Waals surface area contributed by atoms with Gasteiger partial charge in [-0.3, -0.25) is 4.79 Å². The fourth-order valence-corrected chi connectivity index (χ4v) is 3.32. The molecule has 1 aromatic carbocycles. The molecule has 134 valence electrons. The van der Waals surface area contributed by atoms with Gasteiger partial charge in [-0.15, -0.1) is 0 Å². The van der Waals surface area contributed by atoms with Crippen LogP contribution in [0.25, 0.3) is 0 Å². The van der Waals surface area contributed by atoms with E-state index in [1.54, 1.807) is 53.9 Å². The Morgan fingerprint density at radius 3 is 2.69 bits per heavy atom. The van der Waals surface area contributed by atoms with Crippen molar-refractivity contribution in [2.75, 3.05) is 5.32 Å². The number of nitrogens with one attached hydrogen (secondary N) is 1. The van der Waals surface area contributed by atoms with Crippen LogP contribution in [0.15, 0.2) is 46.1 Å². The van der Waals surface area contributed by atoms with Crippen molar-refractivity contribution in [3.8, 4) is 0 Å². The molecule has 1 N–H and O–H groups in total. The van der Waals surface area contributed by atoms with E-state index in [1.165, 1.54) is 11.8 Å². The van der Waals surface area contributed by atoms with Gasteiger partial charge in [0.25, 0.3) is 5.91 Å². The molecule has 0 unspecified atom stereocenters. The second-order valence-electron chi connectivity index (χ2n) is 5.28. The Hall–Kier alpha value is -2.01. The van der Waals surface area contributed by atoms with Gasteiger partial charge in [0.1, 0.15) is 22.4 Å². The number of anilines is 1. The highest BCUT2D eigenvalue weighted by Gasteiger charge is 2.16. The number of pyridine rings is 1. The molecule has 0 aliphatic heterocycles. The lowest BCUT2D eigenvalue weighted by atomic mass is 10.2. The van der Waals surface area contributed by atoms with Gasteiger partial charge in [0.05, 0.1) is 14.8 Å². The fourth-order valence-electron chi connectivity index (χ4n) is 2.13. The number of benzene rings is 1. The molecule has 1 amide bonds. The molecule has 0 saturated heterocycles. The highest BCUT2D eigenvalue weighted by Crippen LogP contribution is 2.26. The van der Waals surface area contributed by atoms with Crippen LogP contribution in [-0.2, 0) is 5.75 Å². The number of thioether (sulfide) groups is 1. The van der Waals surface area contributed by atoms with Crippen LogP contribution in [0.3, 0.4) is 0 Å². The minimum absolute atomic E-state index is 0.0392. The van der Waals surface area contributed by atoms with Crippen molar-refractivity contribution in [1.82, 2.24) is 10.1 Å². The van der Waals surface area contributed by atoms with Crippen molar-refractivity contribution in [2.24, 2.45) is 0 Å². The summed E-state index contributed by atoms with van der Waals surface area (Å²) >= 11 is 2.88. The average molecular weight is 487 g/mol. The van der Waals surface area contributed by atoms with Crippen LogP contribution in [-0.4, -0.2) is 16.0 Å². The van der Waals surface area contributed by atoms with E-state index in [1.807, 2.05) is 0 Å². The lowest BCUT2D eigenvalue weighted by Crippen LogP contribution is -2.14. The molecule has 0 saturated carbocycles. The number of amides is 1. The van der Waals surface area contributed by atoms with Crippen molar-refractivity contribution in [3.05, 3.63) is 68.8 Å². The molecule has 0 atom stereocenters. The fraction of sp³-hybridized carbons (Fsp3) is 0.118. The Morgan fingerprint density at radius 1 is 1.31 bits per heavy atom. The van der Waals surface area contributed by atoms with Crippen molar-refractivity contribution in [1.29, 1.82) is 0 Å². The van der Waals surface area contributed by atoms with E-state index in [0.717, 1.165) is 17.8 Å². The predicted molar refractivity (Wildman–Crippen MR) is 102 cm³/mol. The van der Waals surface area contributed by atoms with Crippen LogP contribution in [0.4, 0.5) is 14.5 Å². The molecule has 26 heavy (non-hydrogen) atoms. The number of nitrogens with zero attached hydrogens (tertiary/aromatic N) is 2. The first-order chi connectivity index (χ1) is 12.4. The minimum Gasteiger partial charge on any atom is -0.361 e. The molecule has 9 heteroatoms. The zero-order valence-corrected chi connectivity index (χ0v) is 16.4. The largest absolute Gasteiger partial charge is 0.361 e. The number of halogens is 3. The molecule has 0 bridgehead atoms. The molecule has 0 spiro atoms. The monoisotopic (exact) mass is 487 g/mol. The number of carbonyl (C=O) groups is 1. The summed E-state index contributed by atoms with van der Waals surface area (Å²) in [5.74, 6) is -0.799. The number of rotatable bonds is 5. The maximum absolute atomic E-state index is 13.7. The van der Waals surface area contributed by atoms with Crippen LogP contribution < -0.4 is 5.32 Å². The third-order valence-electron chi connectivity index (χ3n) is 3.29. The molecular weight excluding hydrogens is 475 g/mol. The Kier molecular flexibility index (Phi) is 5.87. The van der Waals surface area contributed by atoms with Crippen LogP contribution >= 0.6 is 34.4 Å². The van der Waals surface area contributed by atoms with Crippen LogP contribution in [0.2, 0.25) is 0 Å². The third kappa shape index (κ3) is 4.39. The standard InChI is InChI=1S/C17H12F2IN3O2S/c1-9-5-11(23-25-9)8-26-17-12(3-2-4-21-17)16(24)22-10-6-13(18)15(20)14(19)7-10/h2-7H,8H2,1H3,(H,22,24). The first-order valence-electron chi connectivity index (χ1n) is 7.40. The van der Waals surface area contributed by atoms with Gasteiger partial charge < -0.3 is 9.84 Å². The highest BCUT2D eigenvalue weighted by molar-refractivity contribution is 14.1. The normalized spacial score (nSPS) is 10.8. The maximum atomic E-state index is 13.7. The van der Waals surface area contributed by atoms with Crippen molar-refractivity contribution in [2.45, 2.75) is 17.7 Å². The SMILES string of the molecule is Cc1cc(CSc2ncccc2C(=O)Nc2cc(F)c(I)c(F)c2)no1. The van der Waals surface area contributed by atoms with Gasteiger partial charge in [-0.05, 0) is 53.8 Å².